The van der Waals surface area contributed by atoms with Crippen LogP contribution in [0, 0.1) is 17.7 Å². The average molecular weight is 292 g/mol. The van der Waals surface area contributed by atoms with Gasteiger partial charge in [0, 0.05) is 0 Å². The third-order valence-electron chi connectivity index (χ3n) is 4.25. The van der Waals surface area contributed by atoms with E-state index in [1.165, 1.54) is 12.1 Å². The third-order valence-corrected chi connectivity index (χ3v) is 4.25. The van der Waals surface area contributed by atoms with Gasteiger partial charge in [-0.1, -0.05) is 32.9 Å². The lowest BCUT2D eigenvalue weighted by Gasteiger charge is -2.32. The number of halogens is 1. The molecule has 1 aliphatic heterocycles. The zero-order valence-electron chi connectivity index (χ0n) is 13.0. The molecule has 1 aromatic carbocycles. The van der Waals surface area contributed by atoms with E-state index in [0.29, 0.717) is 5.92 Å². The van der Waals surface area contributed by atoms with Crippen molar-refractivity contribution in [2.75, 3.05) is 6.54 Å². The van der Waals surface area contributed by atoms with E-state index in [1.807, 2.05) is 0 Å². The van der Waals surface area contributed by atoms with Gasteiger partial charge in [0.15, 0.2) is 0 Å². The highest BCUT2D eigenvalue weighted by atomic mass is 19.1. The molecule has 0 aromatic heterocycles. The van der Waals surface area contributed by atoms with E-state index in [0.717, 1.165) is 24.9 Å². The van der Waals surface area contributed by atoms with Crippen molar-refractivity contribution in [1.82, 2.24) is 10.6 Å². The van der Waals surface area contributed by atoms with Gasteiger partial charge >= 0.3 is 0 Å². The van der Waals surface area contributed by atoms with E-state index in [2.05, 4.69) is 31.4 Å². The second-order valence-corrected chi connectivity index (χ2v) is 6.33. The molecule has 0 aliphatic carbocycles. The minimum absolute atomic E-state index is 0.0465. The molecule has 4 heteroatoms. The summed E-state index contributed by atoms with van der Waals surface area (Å²) in [4.78, 5) is 12.5. The van der Waals surface area contributed by atoms with Crippen molar-refractivity contribution in [3.05, 3.63) is 35.6 Å². The van der Waals surface area contributed by atoms with Crippen molar-refractivity contribution in [1.29, 1.82) is 0 Å². The molecule has 1 fully saturated rings. The third kappa shape index (κ3) is 4.03. The lowest BCUT2D eigenvalue weighted by Crippen LogP contribution is -2.52. The molecule has 0 bridgehead atoms. The quantitative estimate of drug-likeness (QED) is 0.895. The van der Waals surface area contributed by atoms with Gasteiger partial charge in [0.05, 0.1) is 12.1 Å². The first-order valence-corrected chi connectivity index (χ1v) is 7.78. The normalized spacial score (nSPS) is 23.9. The predicted octanol–water partition coefficient (Wildman–Crippen LogP) is 3.03. The lowest BCUT2D eigenvalue weighted by molar-refractivity contribution is -0.126. The lowest BCUT2D eigenvalue weighted by atomic mass is 9.90. The SMILES string of the molecule is CC(C)C(NC(=O)C1NCCCC1C)c1ccc(F)cc1. The van der Waals surface area contributed by atoms with E-state index < -0.39 is 0 Å². The number of benzene rings is 1. The van der Waals surface area contributed by atoms with Crippen LogP contribution in [0.5, 0.6) is 0 Å². The van der Waals surface area contributed by atoms with Gasteiger partial charge in [-0.2, -0.15) is 0 Å². The Hall–Kier alpha value is -1.42. The highest BCUT2D eigenvalue weighted by Gasteiger charge is 2.29. The molecule has 0 spiro atoms. The average Bonchev–Trinajstić information content (AvgIpc) is 2.46. The van der Waals surface area contributed by atoms with Crippen molar-refractivity contribution in [2.24, 2.45) is 11.8 Å². The molecule has 3 unspecified atom stereocenters. The monoisotopic (exact) mass is 292 g/mol. The number of hydrogen-bond acceptors (Lipinski definition) is 2. The van der Waals surface area contributed by atoms with Crippen molar-refractivity contribution >= 4 is 5.91 Å². The molecule has 0 saturated carbocycles. The number of rotatable bonds is 4. The summed E-state index contributed by atoms with van der Waals surface area (Å²) in [6, 6.07) is 6.17. The largest absolute Gasteiger partial charge is 0.348 e. The molecule has 21 heavy (non-hydrogen) atoms. The molecule has 3 atom stereocenters. The molecule has 0 radical (unpaired) electrons. The van der Waals surface area contributed by atoms with Crippen LogP contribution < -0.4 is 10.6 Å². The fraction of sp³-hybridized carbons (Fsp3) is 0.588. The summed E-state index contributed by atoms with van der Waals surface area (Å²) in [5.74, 6) is 0.387. The van der Waals surface area contributed by atoms with E-state index >= 15 is 0 Å². The molecule has 2 rings (SSSR count). The first-order valence-electron chi connectivity index (χ1n) is 7.78. The molecular formula is C17H25FN2O. The number of carbonyl (C=O) groups is 1. The Morgan fingerprint density at radius 1 is 1.33 bits per heavy atom. The Labute approximate surface area is 126 Å². The van der Waals surface area contributed by atoms with Crippen molar-refractivity contribution in [3.63, 3.8) is 0 Å². The summed E-state index contributed by atoms with van der Waals surface area (Å²) < 4.78 is 13.1. The number of piperidine rings is 1. The van der Waals surface area contributed by atoms with Crippen LogP contribution in [0.3, 0.4) is 0 Å². The maximum atomic E-state index is 13.1. The standard InChI is InChI=1S/C17H25FN2O/c1-11(2)15(13-6-8-14(18)9-7-13)20-17(21)16-12(3)5-4-10-19-16/h6-9,11-12,15-16,19H,4-5,10H2,1-3H3,(H,20,21). The first-order chi connectivity index (χ1) is 9.99. The van der Waals surface area contributed by atoms with Crippen molar-refractivity contribution in [3.8, 4) is 0 Å². The van der Waals surface area contributed by atoms with Gasteiger partial charge in [0.2, 0.25) is 5.91 Å². The highest BCUT2D eigenvalue weighted by Crippen LogP contribution is 2.23. The van der Waals surface area contributed by atoms with Crippen molar-refractivity contribution < 1.29 is 9.18 Å². The Kier molecular flexibility index (Phi) is 5.34. The van der Waals surface area contributed by atoms with Crippen molar-refractivity contribution in [2.45, 2.75) is 45.7 Å². The summed E-state index contributed by atoms with van der Waals surface area (Å²) in [6.45, 7) is 7.13. The molecule has 1 heterocycles. The number of hydrogen-bond donors (Lipinski definition) is 2. The second-order valence-electron chi connectivity index (χ2n) is 6.33. The summed E-state index contributed by atoms with van der Waals surface area (Å²) >= 11 is 0. The molecule has 1 saturated heterocycles. The predicted molar refractivity (Wildman–Crippen MR) is 82.3 cm³/mol. The van der Waals surface area contributed by atoms with Crippen LogP contribution in [0.15, 0.2) is 24.3 Å². The Balaban J connectivity index is 2.09. The number of amides is 1. The minimum atomic E-state index is -0.254. The number of nitrogens with one attached hydrogen (secondary N) is 2. The van der Waals surface area contributed by atoms with Crippen LogP contribution in [0.2, 0.25) is 0 Å². The molecule has 1 aliphatic rings. The maximum absolute atomic E-state index is 13.1. The van der Waals surface area contributed by atoms with E-state index in [9.17, 15) is 9.18 Å². The summed E-state index contributed by atoms with van der Waals surface area (Å²) in [5, 5.41) is 6.43. The number of carbonyl (C=O) groups excluding carboxylic acids is 1. The van der Waals surface area contributed by atoms with Gasteiger partial charge in [0.1, 0.15) is 5.82 Å². The molecular weight excluding hydrogens is 267 g/mol. The van der Waals surface area contributed by atoms with E-state index in [4.69, 9.17) is 0 Å². The Morgan fingerprint density at radius 3 is 2.57 bits per heavy atom. The molecule has 3 nitrogen and oxygen atoms in total. The molecule has 1 aromatic rings. The van der Waals surface area contributed by atoms with Gasteiger partial charge in [-0.25, -0.2) is 4.39 Å². The van der Waals surface area contributed by atoms with Gasteiger partial charge < -0.3 is 10.6 Å². The van der Waals surface area contributed by atoms with Crippen LogP contribution in [0.4, 0.5) is 4.39 Å². The summed E-state index contributed by atoms with van der Waals surface area (Å²) in [6.07, 6.45) is 2.20. The Bertz CT molecular complexity index is 472. The van der Waals surface area contributed by atoms with Gasteiger partial charge in [-0.05, 0) is 48.9 Å². The van der Waals surface area contributed by atoms with Gasteiger partial charge in [-0.3, -0.25) is 4.79 Å². The minimum Gasteiger partial charge on any atom is -0.348 e. The molecule has 1 amide bonds. The fourth-order valence-electron chi connectivity index (χ4n) is 2.95. The van der Waals surface area contributed by atoms with Gasteiger partial charge in [-0.15, -0.1) is 0 Å². The summed E-state index contributed by atoms with van der Waals surface area (Å²) in [7, 11) is 0. The van der Waals surface area contributed by atoms with Crippen LogP contribution in [-0.2, 0) is 4.79 Å². The van der Waals surface area contributed by atoms with E-state index in [1.54, 1.807) is 12.1 Å². The smallest absolute Gasteiger partial charge is 0.237 e. The van der Waals surface area contributed by atoms with Crippen LogP contribution in [0.25, 0.3) is 0 Å². The van der Waals surface area contributed by atoms with E-state index in [-0.39, 0.29) is 29.7 Å². The first kappa shape index (κ1) is 16.0. The topological polar surface area (TPSA) is 41.1 Å². The highest BCUT2D eigenvalue weighted by molar-refractivity contribution is 5.82. The van der Waals surface area contributed by atoms with Crippen LogP contribution >= 0.6 is 0 Å². The summed E-state index contributed by atoms with van der Waals surface area (Å²) in [5.41, 5.74) is 0.947. The second kappa shape index (κ2) is 7.03. The van der Waals surface area contributed by atoms with Crippen LogP contribution in [0.1, 0.15) is 45.2 Å². The zero-order valence-corrected chi connectivity index (χ0v) is 13.0. The zero-order chi connectivity index (χ0) is 15.4. The maximum Gasteiger partial charge on any atom is 0.237 e. The van der Waals surface area contributed by atoms with Crippen LogP contribution in [-0.4, -0.2) is 18.5 Å². The molecule has 116 valence electrons. The van der Waals surface area contributed by atoms with Gasteiger partial charge in [0.25, 0.3) is 0 Å². The molecule has 2 N–H and O–H groups in total. The fourth-order valence-corrected chi connectivity index (χ4v) is 2.95. The Morgan fingerprint density at radius 2 is 2.00 bits per heavy atom.